The minimum atomic E-state index is -0.977. The van der Waals surface area contributed by atoms with Gasteiger partial charge in [-0.1, -0.05) is 43.1 Å². The molecular formula is C11H14Cl2O2. The van der Waals surface area contributed by atoms with E-state index in [-0.39, 0.29) is 5.92 Å². The molecule has 15 heavy (non-hydrogen) atoms. The Morgan fingerprint density at radius 1 is 1.13 bits per heavy atom. The summed E-state index contributed by atoms with van der Waals surface area (Å²) in [6.07, 6.45) is -1.81. The molecule has 4 heteroatoms. The van der Waals surface area contributed by atoms with Gasteiger partial charge >= 0.3 is 0 Å². The summed E-state index contributed by atoms with van der Waals surface area (Å²) >= 11 is 11.7. The molecule has 2 atom stereocenters. The van der Waals surface area contributed by atoms with Crippen LogP contribution in [0.4, 0.5) is 0 Å². The Hall–Kier alpha value is -0.280. The monoisotopic (exact) mass is 248 g/mol. The van der Waals surface area contributed by atoms with E-state index < -0.39 is 12.2 Å². The number of rotatable bonds is 3. The summed E-state index contributed by atoms with van der Waals surface area (Å²) in [5.41, 5.74) is 0.502. The molecule has 1 aromatic rings. The highest BCUT2D eigenvalue weighted by atomic mass is 35.5. The summed E-state index contributed by atoms with van der Waals surface area (Å²) in [5, 5.41) is 20.4. The lowest BCUT2D eigenvalue weighted by Crippen LogP contribution is -2.24. The van der Waals surface area contributed by atoms with Gasteiger partial charge in [0.05, 0.1) is 6.10 Å². The molecule has 0 fully saturated rings. The van der Waals surface area contributed by atoms with Crippen LogP contribution in [0.25, 0.3) is 0 Å². The molecule has 0 radical (unpaired) electrons. The van der Waals surface area contributed by atoms with Crippen molar-refractivity contribution in [1.29, 1.82) is 0 Å². The number of hydrogen-bond donors (Lipinski definition) is 2. The van der Waals surface area contributed by atoms with Gasteiger partial charge in [0.25, 0.3) is 0 Å². The molecular weight excluding hydrogens is 235 g/mol. The Kier molecular flexibility index (Phi) is 4.41. The van der Waals surface area contributed by atoms with E-state index in [1.807, 2.05) is 13.8 Å². The molecule has 0 saturated carbocycles. The van der Waals surface area contributed by atoms with Crippen molar-refractivity contribution in [2.24, 2.45) is 5.92 Å². The van der Waals surface area contributed by atoms with Gasteiger partial charge in [0.15, 0.2) is 0 Å². The van der Waals surface area contributed by atoms with Crippen LogP contribution in [-0.4, -0.2) is 16.3 Å². The van der Waals surface area contributed by atoms with E-state index in [0.717, 1.165) is 0 Å². The molecule has 84 valence electrons. The zero-order chi connectivity index (χ0) is 11.6. The fourth-order valence-corrected chi connectivity index (χ4v) is 1.81. The summed E-state index contributed by atoms with van der Waals surface area (Å²) in [4.78, 5) is 0. The summed E-state index contributed by atoms with van der Waals surface area (Å²) in [5.74, 6) is -0.0354. The fourth-order valence-electron chi connectivity index (χ4n) is 1.29. The number of halogens is 2. The van der Waals surface area contributed by atoms with Crippen LogP contribution < -0.4 is 0 Å². The van der Waals surface area contributed by atoms with Gasteiger partial charge in [0, 0.05) is 15.6 Å². The maximum Gasteiger partial charge on any atom is 0.107 e. The zero-order valence-electron chi connectivity index (χ0n) is 8.61. The smallest absolute Gasteiger partial charge is 0.107 e. The maximum atomic E-state index is 9.85. The molecule has 1 rings (SSSR count). The van der Waals surface area contributed by atoms with Crippen molar-refractivity contribution in [3.63, 3.8) is 0 Å². The maximum absolute atomic E-state index is 9.85. The fraction of sp³-hybridized carbons (Fsp3) is 0.455. The molecule has 2 nitrogen and oxygen atoms in total. The third-order valence-corrected chi connectivity index (χ3v) is 2.85. The van der Waals surface area contributed by atoms with E-state index in [9.17, 15) is 10.2 Å². The highest BCUT2D eigenvalue weighted by Crippen LogP contribution is 2.29. The van der Waals surface area contributed by atoms with Crippen molar-refractivity contribution in [3.8, 4) is 0 Å². The predicted octanol–water partition coefficient (Wildman–Crippen LogP) is 3.04. The van der Waals surface area contributed by atoms with Crippen molar-refractivity contribution < 1.29 is 10.2 Å². The third-order valence-electron chi connectivity index (χ3n) is 2.29. The molecule has 1 aromatic carbocycles. The first-order valence-electron chi connectivity index (χ1n) is 4.74. The highest BCUT2D eigenvalue weighted by Gasteiger charge is 2.23. The van der Waals surface area contributed by atoms with E-state index in [4.69, 9.17) is 23.2 Å². The van der Waals surface area contributed by atoms with Gasteiger partial charge in [-0.2, -0.15) is 0 Å². The number of aliphatic hydroxyl groups is 2. The van der Waals surface area contributed by atoms with Crippen LogP contribution >= 0.6 is 23.2 Å². The zero-order valence-corrected chi connectivity index (χ0v) is 10.1. The Labute approximate surface area is 99.5 Å². The standard InChI is InChI=1S/C11H14Cl2O2/c1-6(2)10(14)11(15)8-4-3-7(12)5-9(8)13/h3-6,10-11,14-15H,1-2H3/t10?,11-/m0/s1. The summed E-state index contributed by atoms with van der Waals surface area (Å²) < 4.78 is 0. The van der Waals surface area contributed by atoms with E-state index in [1.54, 1.807) is 18.2 Å². The summed E-state index contributed by atoms with van der Waals surface area (Å²) in [6, 6.07) is 4.81. The lowest BCUT2D eigenvalue weighted by atomic mass is 9.96. The highest BCUT2D eigenvalue weighted by molar-refractivity contribution is 6.35. The van der Waals surface area contributed by atoms with Crippen LogP contribution in [0.15, 0.2) is 18.2 Å². The van der Waals surface area contributed by atoms with E-state index in [0.29, 0.717) is 15.6 Å². The first-order valence-corrected chi connectivity index (χ1v) is 5.50. The molecule has 0 aromatic heterocycles. The van der Waals surface area contributed by atoms with Crippen molar-refractivity contribution in [3.05, 3.63) is 33.8 Å². The molecule has 0 aliphatic rings. The largest absolute Gasteiger partial charge is 0.390 e. The average molecular weight is 249 g/mol. The molecule has 0 saturated heterocycles. The second kappa shape index (κ2) is 5.17. The minimum Gasteiger partial charge on any atom is -0.390 e. The number of hydrogen-bond acceptors (Lipinski definition) is 2. The van der Waals surface area contributed by atoms with Crippen LogP contribution in [0.1, 0.15) is 25.5 Å². The SMILES string of the molecule is CC(C)C(O)[C@@H](O)c1ccc(Cl)cc1Cl. The Balaban J connectivity index is 2.96. The van der Waals surface area contributed by atoms with Gasteiger partial charge in [-0.25, -0.2) is 0 Å². The topological polar surface area (TPSA) is 40.5 Å². The molecule has 2 N–H and O–H groups in total. The van der Waals surface area contributed by atoms with Crippen LogP contribution in [0, 0.1) is 5.92 Å². The molecule has 0 amide bonds. The van der Waals surface area contributed by atoms with Crippen LogP contribution in [0.5, 0.6) is 0 Å². The Bertz CT molecular complexity index is 339. The van der Waals surface area contributed by atoms with Crippen LogP contribution in [0.2, 0.25) is 10.0 Å². The average Bonchev–Trinajstić information content (AvgIpc) is 2.15. The van der Waals surface area contributed by atoms with E-state index in [1.165, 1.54) is 0 Å². The Morgan fingerprint density at radius 3 is 2.20 bits per heavy atom. The lowest BCUT2D eigenvalue weighted by molar-refractivity contribution is -0.00934. The Morgan fingerprint density at radius 2 is 1.73 bits per heavy atom. The first kappa shape index (κ1) is 12.8. The van der Waals surface area contributed by atoms with Gasteiger partial charge in [0.2, 0.25) is 0 Å². The number of benzene rings is 1. The van der Waals surface area contributed by atoms with Crippen LogP contribution in [0.3, 0.4) is 0 Å². The van der Waals surface area contributed by atoms with Crippen molar-refractivity contribution in [1.82, 2.24) is 0 Å². The van der Waals surface area contributed by atoms with E-state index in [2.05, 4.69) is 0 Å². The quantitative estimate of drug-likeness (QED) is 0.864. The van der Waals surface area contributed by atoms with Crippen molar-refractivity contribution in [2.45, 2.75) is 26.1 Å². The van der Waals surface area contributed by atoms with Gasteiger partial charge < -0.3 is 10.2 Å². The predicted molar refractivity (Wildman–Crippen MR) is 62.3 cm³/mol. The molecule has 0 heterocycles. The van der Waals surface area contributed by atoms with Crippen LogP contribution in [-0.2, 0) is 0 Å². The first-order chi connectivity index (χ1) is 6.93. The minimum absolute atomic E-state index is 0.0354. The van der Waals surface area contributed by atoms with Gasteiger partial charge in [-0.05, 0) is 18.1 Å². The second-order valence-corrected chi connectivity index (χ2v) is 4.69. The molecule has 1 unspecified atom stereocenters. The molecule has 0 bridgehead atoms. The third kappa shape index (κ3) is 3.08. The molecule has 0 spiro atoms. The lowest BCUT2D eigenvalue weighted by Gasteiger charge is -2.22. The summed E-state index contributed by atoms with van der Waals surface area (Å²) in [7, 11) is 0. The van der Waals surface area contributed by atoms with Crippen molar-refractivity contribution in [2.75, 3.05) is 0 Å². The van der Waals surface area contributed by atoms with Gasteiger partial charge in [-0.3, -0.25) is 0 Å². The number of aliphatic hydroxyl groups excluding tert-OH is 2. The normalized spacial score (nSPS) is 15.4. The summed E-state index contributed by atoms with van der Waals surface area (Å²) in [6.45, 7) is 3.66. The van der Waals surface area contributed by atoms with Gasteiger partial charge in [-0.15, -0.1) is 0 Å². The second-order valence-electron chi connectivity index (χ2n) is 3.85. The van der Waals surface area contributed by atoms with Gasteiger partial charge in [0.1, 0.15) is 6.10 Å². The molecule has 0 aliphatic heterocycles. The molecule has 0 aliphatic carbocycles. The van der Waals surface area contributed by atoms with Crippen molar-refractivity contribution >= 4 is 23.2 Å². The van der Waals surface area contributed by atoms with E-state index >= 15 is 0 Å².